The van der Waals surface area contributed by atoms with Crippen molar-refractivity contribution in [2.75, 3.05) is 29.9 Å². The van der Waals surface area contributed by atoms with E-state index in [9.17, 15) is 18.0 Å². The first-order valence-corrected chi connectivity index (χ1v) is 12.2. The zero-order valence-corrected chi connectivity index (χ0v) is 20.7. The second-order valence-corrected chi connectivity index (χ2v) is 9.51. The number of alkyl halides is 3. The van der Waals surface area contributed by atoms with Crippen LogP contribution in [0, 0.1) is 6.92 Å². The van der Waals surface area contributed by atoms with Crippen molar-refractivity contribution in [2.45, 2.75) is 51.4 Å². The van der Waals surface area contributed by atoms with Crippen LogP contribution in [0.3, 0.4) is 0 Å². The monoisotopic (exact) mass is 517 g/mol. The lowest BCUT2D eigenvalue weighted by Crippen LogP contribution is -2.39. The van der Waals surface area contributed by atoms with Crippen LogP contribution >= 0.6 is 0 Å². The van der Waals surface area contributed by atoms with E-state index in [2.05, 4.69) is 51.1 Å². The van der Waals surface area contributed by atoms with Crippen LogP contribution in [0.2, 0.25) is 0 Å². The molecule has 11 heteroatoms. The molecule has 0 spiro atoms. The van der Waals surface area contributed by atoms with E-state index in [0.717, 1.165) is 35.4 Å². The molecule has 1 aromatic carbocycles. The molecule has 0 unspecified atom stereocenters. The number of likely N-dealkylation sites (tertiary alicyclic amines) is 1. The van der Waals surface area contributed by atoms with Gasteiger partial charge in [0.15, 0.2) is 0 Å². The Morgan fingerprint density at radius 1 is 1.16 bits per heavy atom. The number of halogens is 3. The normalized spacial score (nSPS) is 20.1. The minimum absolute atomic E-state index is 0.134. The van der Waals surface area contributed by atoms with Crippen LogP contribution in [0.15, 0.2) is 42.7 Å². The lowest BCUT2D eigenvalue weighted by Gasteiger charge is -2.28. The molecule has 2 saturated heterocycles. The average Bonchev–Trinajstić information content (AvgIpc) is 3.60. The van der Waals surface area contributed by atoms with Gasteiger partial charge in [-0.25, -0.2) is 9.78 Å². The summed E-state index contributed by atoms with van der Waals surface area (Å²) in [6, 6.07) is 11.5. The van der Waals surface area contributed by atoms with Crippen LogP contribution in [0.25, 0.3) is 11.0 Å². The van der Waals surface area contributed by atoms with Gasteiger partial charge in [0, 0.05) is 54.3 Å². The number of rotatable bonds is 4. The van der Waals surface area contributed by atoms with Crippen LogP contribution in [-0.2, 0) is 4.79 Å². The standard InChI is InChI=1S/C24H29N5O.C2HF3O2/c1-16-12-20(28-11-8-21(15-28)29-10-3-4-17(29)2)5-6-22(16)27-24(30)19-13-18-7-9-25-23(18)26-14-19;3-2(4,5)1(6)7/h5-7,9,12-14,17,21H,3-4,8,10-11,15H2,1-2H3,(H,25,26)(H,27,30);(H,6,7)/t17-,21-;/m0./s1. The van der Waals surface area contributed by atoms with Gasteiger partial charge in [0.1, 0.15) is 5.65 Å². The van der Waals surface area contributed by atoms with Gasteiger partial charge < -0.3 is 20.3 Å². The van der Waals surface area contributed by atoms with Gasteiger partial charge in [0.05, 0.1) is 5.56 Å². The van der Waals surface area contributed by atoms with Crippen LogP contribution in [-0.4, -0.2) is 69.7 Å². The van der Waals surface area contributed by atoms with Crippen molar-refractivity contribution in [1.82, 2.24) is 14.9 Å². The zero-order chi connectivity index (χ0) is 26.7. The first-order chi connectivity index (χ1) is 17.5. The molecule has 4 heterocycles. The summed E-state index contributed by atoms with van der Waals surface area (Å²) in [5.41, 5.74) is 4.53. The van der Waals surface area contributed by atoms with E-state index in [1.54, 1.807) is 6.20 Å². The lowest BCUT2D eigenvalue weighted by atomic mass is 10.1. The number of H-pyrrole nitrogens is 1. The number of anilines is 2. The third kappa shape index (κ3) is 6.22. The Kier molecular flexibility index (Phi) is 7.72. The van der Waals surface area contributed by atoms with Crippen molar-refractivity contribution in [2.24, 2.45) is 0 Å². The Morgan fingerprint density at radius 2 is 1.92 bits per heavy atom. The number of amides is 1. The summed E-state index contributed by atoms with van der Waals surface area (Å²) < 4.78 is 31.7. The number of benzene rings is 1. The van der Waals surface area contributed by atoms with Crippen LogP contribution in [0.1, 0.15) is 42.1 Å². The van der Waals surface area contributed by atoms with Crippen molar-refractivity contribution >= 4 is 34.3 Å². The van der Waals surface area contributed by atoms with Crippen molar-refractivity contribution in [1.29, 1.82) is 0 Å². The maximum atomic E-state index is 12.7. The molecule has 0 aliphatic carbocycles. The molecule has 8 nitrogen and oxygen atoms in total. The van der Waals surface area contributed by atoms with Crippen LogP contribution in [0.4, 0.5) is 24.5 Å². The predicted octanol–water partition coefficient (Wildman–Crippen LogP) is 4.82. The largest absolute Gasteiger partial charge is 0.490 e. The van der Waals surface area contributed by atoms with Crippen molar-refractivity contribution in [3.63, 3.8) is 0 Å². The third-order valence-electron chi connectivity index (χ3n) is 6.96. The molecule has 37 heavy (non-hydrogen) atoms. The number of carbonyl (C=O) groups excluding carboxylic acids is 1. The molecule has 198 valence electrons. The molecular formula is C26H30F3N5O3. The minimum atomic E-state index is -5.08. The Morgan fingerprint density at radius 3 is 2.57 bits per heavy atom. The summed E-state index contributed by atoms with van der Waals surface area (Å²) in [6.07, 6.45) is 2.25. The van der Waals surface area contributed by atoms with Crippen molar-refractivity contribution < 1.29 is 27.9 Å². The van der Waals surface area contributed by atoms with E-state index in [0.29, 0.717) is 17.6 Å². The van der Waals surface area contributed by atoms with Crippen molar-refractivity contribution in [3.05, 3.63) is 53.9 Å². The zero-order valence-electron chi connectivity index (χ0n) is 20.7. The van der Waals surface area contributed by atoms with Gasteiger partial charge in [-0.2, -0.15) is 13.2 Å². The number of carboxylic acids is 1. The highest BCUT2D eigenvalue weighted by atomic mass is 19.4. The summed E-state index contributed by atoms with van der Waals surface area (Å²) >= 11 is 0. The van der Waals surface area contributed by atoms with E-state index in [4.69, 9.17) is 9.90 Å². The molecule has 5 rings (SSSR count). The fraction of sp³-hybridized carbons (Fsp3) is 0.423. The molecule has 2 aliphatic rings. The average molecular weight is 518 g/mol. The molecular weight excluding hydrogens is 487 g/mol. The maximum absolute atomic E-state index is 12.7. The number of hydrogen-bond acceptors (Lipinski definition) is 5. The minimum Gasteiger partial charge on any atom is -0.475 e. The molecule has 2 aliphatic heterocycles. The van der Waals surface area contributed by atoms with E-state index in [-0.39, 0.29) is 5.91 Å². The molecule has 2 atom stereocenters. The highest BCUT2D eigenvalue weighted by Crippen LogP contribution is 2.30. The maximum Gasteiger partial charge on any atom is 0.490 e. The van der Waals surface area contributed by atoms with Gasteiger partial charge in [-0.3, -0.25) is 9.69 Å². The molecule has 3 N–H and O–H groups in total. The second kappa shape index (κ2) is 10.8. The number of aryl methyl sites for hydroxylation is 1. The number of nitrogens with one attached hydrogen (secondary N) is 2. The number of aromatic amines is 1. The lowest BCUT2D eigenvalue weighted by molar-refractivity contribution is -0.192. The molecule has 0 bridgehead atoms. The van der Waals surface area contributed by atoms with E-state index < -0.39 is 12.1 Å². The molecule has 0 radical (unpaired) electrons. The molecule has 2 aromatic heterocycles. The summed E-state index contributed by atoms with van der Waals surface area (Å²) in [5, 5.41) is 11.1. The Labute approximate surface area is 212 Å². The third-order valence-corrected chi connectivity index (χ3v) is 6.96. The molecule has 3 aromatic rings. The summed E-state index contributed by atoms with van der Waals surface area (Å²) in [7, 11) is 0. The second-order valence-electron chi connectivity index (χ2n) is 9.51. The molecule has 1 amide bonds. The van der Waals surface area contributed by atoms with Crippen molar-refractivity contribution in [3.8, 4) is 0 Å². The molecule has 2 fully saturated rings. The summed E-state index contributed by atoms with van der Waals surface area (Å²) in [5.74, 6) is -2.89. The van der Waals surface area contributed by atoms with Gasteiger partial charge in [0.2, 0.25) is 0 Å². The molecule has 0 saturated carbocycles. The number of pyridine rings is 1. The van der Waals surface area contributed by atoms with Gasteiger partial charge in [0.25, 0.3) is 5.91 Å². The highest BCUT2D eigenvalue weighted by Gasteiger charge is 2.38. The first-order valence-electron chi connectivity index (χ1n) is 12.2. The summed E-state index contributed by atoms with van der Waals surface area (Å²) in [4.78, 5) is 34.1. The Bertz CT molecular complexity index is 1280. The van der Waals surface area contributed by atoms with Gasteiger partial charge in [-0.15, -0.1) is 0 Å². The number of aromatic nitrogens is 2. The number of aliphatic carboxylic acids is 1. The quantitative estimate of drug-likeness (QED) is 0.459. The first kappa shape index (κ1) is 26.5. The Balaban J connectivity index is 0.000000405. The number of carbonyl (C=O) groups is 2. The topological polar surface area (TPSA) is 102 Å². The SMILES string of the molecule is Cc1cc(N2CC[C@H](N3CCC[C@@H]3C)C2)ccc1NC(=O)c1cnc2[nH]ccc2c1.O=C(O)C(F)(F)F. The number of carboxylic acid groups (broad SMARTS) is 1. The number of fused-ring (bicyclic) bond motifs is 1. The fourth-order valence-corrected chi connectivity index (χ4v) is 4.99. The van der Waals surface area contributed by atoms with E-state index in [1.807, 2.05) is 24.4 Å². The highest BCUT2D eigenvalue weighted by molar-refractivity contribution is 6.06. The van der Waals surface area contributed by atoms with E-state index >= 15 is 0 Å². The van der Waals surface area contributed by atoms with E-state index in [1.165, 1.54) is 31.5 Å². The number of nitrogens with zero attached hydrogens (tertiary/aromatic N) is 3. The predicted molar refractivity (Wildman–Crippen MR) is 135 cm³/mol. The van der Waals surface area contributed by atoms with Gasteiger partial charge in [-0.1, -0.05) is 0 Å². The smallest absolute Gasteiger partial charge is 0.475 e. The van der Waals surface area contributed by atoms with Gasteiger partial charge in [-0.05, 0) is 75.5 Å². The Hall–Kier alpha value is -3.60. The number of hydrogen-bond donors (Lipinski definition) is 3. The summed E-state index contributed by atoms with van der Waals surface area (Å²) in [6.45, 7) is 7.86. The van der Waals surface area contributed by atoms with Crippen LogP contribution in [0.5, 0.6) is 0 Å². The van der Waals surface area contributed by atoms with Crippen LogP contribution < -0.4 is 10.2 Å². The fourth-order valence-electron chi connectivity index (χ4n) is 4.99. The van der Waals surface area contributed by atoms with Gasteiger partial charge >= 0.3 is 12.1 Å².